The maximum atomic E-state index is 11.0. The zero-order valence-corrected chi connectivity index (χ0v) is 7.41. The van der Waals surface area contributed by atoms with Crippen molar-refractivity contribution in [1.29, 1.82) is 0 Å². The molecule has 0 bridgehead atoms. The first-order chi connectivity index (χ1) is 6.07. The number of nitrogens with zero attached hydrogens (tertiary/aromatic N) is 1. The molecule has 0 rings (SSSR count). The van der Waals surface area contributed by atoms with Gasteiger partial charge in [0.2, 0.25) is 0 Å². The van der Waals surface area contributed by atoms with E-state index in [1.807, 2.05) is 0 Å². The number of urea groups is 1. The van der Waals surface area contributed by atoms with Gasteiger partial charge < -0.3 is 15.3 Å². The van der Waals surface area contributed by atoms with Crippen molar-refractivity contribution in [3.8, 4) is 12.3 Å². The minimum atomic E-state index is -0.945. The van der Waals surface area contributed by atoms with E-state index in [0.29, 0.717) is 0 Å². The van der Waals surface area contributed by atoms with E-state index in [0.717, 1.165) is 0 Å². The summed E-state index contributed by atoms with van der Waals surface area (Å²) in [5, 5.41) is 10.7. The van der Waals surface area contributed by atoms with E-state index < -0.39 is 5.97 Å². The van der Waals surface area contributed by atoms with Crippen LogP contribution in [0.1, 0.15) is 6.42 Å². The van der Waals surface area contributed by atoms with E-state index in [4.69, 9.17) is 11.5 Å². The lowest BCUT2D eigenvalue weighted by Gasteiger charge is -2.13. The summed E-state index contributed by atoms with van der Waals surface area (Å²) in [6.45, 7) is 0.321. The van der Waals surface area contributed by atoms with Crippen LogP contribution >= 0.6 is 0 Å². The van der Waals surface area contributed by atoms with Crippen LogP contribution in [0.4, 0.5) is 4.79 Å². The smallest absolute Gasteiger partial charge is 0.317 e. The molecule has 0 radical (unpaired) electrons. The molecule has 5 nitrogen and oxygen atoms in total. The Labute approximate surface area is 76.7 Å². The molecule has 0 saturated heterocycles. The molecule has 0 saturated carbocycles. The van der Waals surface area contributed by atoms with Gasteiger partial charge in [-0.3, -0.25) is 4.79 Å². The summed E-state index contributed by atoms with van der Waals surface area (Å²) in [6.07, 6.45) is 4.89. The molecule has 2 N–H and O–H groups in total. The Kier molecular flexibility index (Phi) is 5.12. The Balaban J connectivity index is 3.63. The predicted molar refractivity (Wildman–Crippen MR) is 47.1 cm³/mol. The molecular formula is C8H12N2O3. The van der Waals surface area contributed by atoms with E-state index in [2.05, 4.69) is 11.2 Å². The average Bonchev–Trinajstić information content (AvgIpc) is 2.04. The van der Waals surface area contributed by atoms with E-state index in [1.54, 1.807) is 0 Å². The Morgan fingerprint density at radius 3 is 2.69 bits per heavy atom. The summed E-state index contributed by atoms with van der Waals surface area (Å²) >= 11 is 0. The number of carboxylic acids is 1. The van der Waals surface area contributed by atoms with E-state index in [9.17, 15) is 9.59 Å². The first-order valence-corrected chi connectivity index (χ1v) is 3.72. The molecule has 0 unspecified atom stereocenters. The van der Waals surface area contributed by atoms with Crippen LogP contribution in [0.3, 0.4) is 0 Å². The summed E-state index contributed by atoms with van der Waals surface area (Å²) < 4.78 is 0. The van der Waals surface area contributed by atoms with Gasteiger partial charge in [0.05, 0.1) is 13.0 Å². The van der Waals surface area contributed by atoms with Crippen molar-refractivity contribution in [2.24, 2.45) is 0 Å². The minimum absolute atomic E-state index is 0.0877. The van der Waals surface area contributed by atoms with Gasteiger partial charge in [0, 0.05) is 13.6 Å². The van der Waals surface area contributed by atoms with Crippen LogP contribution in [-0.2, 0) is 4.79 Å². The fourth-order valence-corrected chi connectivity index (χ4v) is 0.620. The summed E-state index contributed by atoms with van der Waals surface area (Å²) in [6, 6.07) is -0.362. The highest BCUT2D eigenvalue weighted by Gasteiger charge is 2.06. The van der Waals surface area contributed by atoms with Crippen molar-refractivity contribution in [2.75, 3.05) is 20.1 Å². The van der Waals surface area contributed by atoms with E-state index >= 15 is 0 Å². The van der Waals surface area contributed by atoms with Crippen molar-refractivity contribution in [3.05, 3.63) is 0 Å². The second-order valence-electron chi connectivity index (χ2n) is 2.44. The molecule has 0 atom stereocenters. The monoisotopic (exact) mass is 184 g/mol. The van der Waals surface area contributed by atoms with Gasteiger partial charge in [-0.1, -0.05) is 5.92 Å². The van der Waals surface area contributed by atoms with Crippen LogP contribution in [0.2, 0.25) is 0 Å². The maximum absolute atomic E-state index is 11.0. The fraction of sp³-hybridized carbons (Fsp3) is 0.500. The third-order valence-corrected chi connectivity index (χ3v) is 1.29. The zero-order chi connectivity index (χ0) is 10.3. The molecule has 0 heterocycles. The zero-order valence-electron chi connectivity index (χ0n) is 7.41. The van der Waals surface area contributed by atoms with Crippen molar-refractivity contribution < 1.29 is 14.7 Å². The summed E-state index contributed by atoms with van der Waals surface area (Å²) in [5.74, 6) is 1.35. The number of hydrogen-bond donors (Lipinski definition) is 2. The number of terminal acetylenes is 1. The minimum Gasteiger partial charge on any atom is -0.481 e. The van der Waals surface area contributed by atoms with Crippen molar-refractivity contribution in [3.63, 3.8) is 0 Å². The number of hydrogen-bond acceptors (Lipinski definition) is 2. The summed E-state index contributed by atoms with van der Waals surface area (Å²) in [5.41, 5.74) is 0. The first-order valence-electron chi connectivity index (χ1n) is 3.72. The first kappa shape index (κ1) is 11.3. The number of carboxylic acid groups (broad SMARTS) is 1. The topological polar surface area (TPSA) is 69.6 Å². The molecule has 0 aliphatic heterocycles. The quantitative estimate of drug-likeness (QED) is 0.591. The van der Waals surface area contributed by atoms with Crippen molar-refractivity contribution in [2.45, 2.75) is 6.42 Å². The Hall–Kier alpha value is -1.70. The van der Waals surface area contributed by atoms with Crippen molar-refractivity contribution >= 4 is 12.0 Å². The molecule has 72 valence electrons. The van der Waals surface area contributed by atoms with Gasteiger partial charge in [0.1, 0.15) is 0 Å². The summed E-state index contributed by atoms with van der Waals surface area (Å²) in [4.78, 5) is 22.4. The number of rotatable bonds is 4. The van der Waals surface area contributed by atoms with Crippen LogP contribution in [0.15, 0.2) is 0 Å². The number of carbonyl (C=O) groups is 2. The van der Waals surface area contributed by atoms with E-state index in [1.165, 1.54) is 11.9 Å². The largest absolute Gasteiger partial charge is 0.481 e. The molecule has 0 aromatic heterocycles. The Morgan fingerprint density at radius 1 is 1.62 bits per heavy atom. The highest BCUT2D eigenvalue weighted by molar-refractivity contribution is 5.75. The molecule has 0 aliphatic rings. The molecule has 2 amide bonds. The SMILES string of the molecule is C#CCN(C)C(=O)NCCC(=O)O. The number of carbonyl (C=O) groups excluding carboxylic acids is 1. The Morgan fingerprint density at radius 2 is 2.23 bits per heavy atom. The lowest BCUT2D eigenvalue weighted by atomic mass is 10.4. The van der Waals surface area contributed by atoms with Crippen LogP contribution in [0.25, 0.3) is 0 Å². The average molecular weight is 184 g/mol. The molecule has 5 heteroatoms. The molecule has 0 fully saturated rings. The maximum Gasteiger partial charge on any atom is 0.317 e. The van der Waals surface area contributed by atoms with Crippen LogP contribution < -0.4 is 5.32 Å². The van der Waals surface area contributed by atoms with Crippen LogP contribution in [0.5, 0.6) is 0 Å². The summed E-state index contributed by atoms with van der Waals surface area (Å²) in [7, 11) is 1.54. The number of amides is 2. The molecular weight excluding hydrogens is 172 g/mol. The number of nitrogens with one attached hydrogen (secondary N) is 1. The normalized spacial score (nSPS) is 8.62. The van der Waals surface area contributed by atoms with Crippen molar-refractivity contribution in [1.82, 2.24) is 10.2 Å². The van der Waals surface area contributed by atoms with Gasteiger partial charge >= 0.3 is 12.0 Å². The highest BCUT2D eigenvalue weighted by atomic mass is 16.4. The van der Waals surface area contributed by atoms with E-state index in [-0.39, 0.29) is 25.5 Å². The molecule has 13 heavy (non-hydrogen) atoms. The Bertz CT molecular complexity index is 232. The fourth-order valence-electron chi connectivity index (χ4n) is 0.620. The standard InChI is InChI=1S/C8H12N2O3/c1-3-6-10(2)8(13)9-5-4-7(11)12/h1H,4-6H2,2H3,(H,9,13)(H,11,12). The lowest BCUT2D eigenvalue weighted by Crippen LogP contribution is -2.38. The molecule has 0 aromatic carbocycles. The van der Waals surface area contributed by atoms with Crippen LogP contribution in [0, 0.1) is 12.3 Å². The lowest BCUT2D eigenvalue weighted by molar-refractivity contribution is -0.136. The van der Waals surface area contributed by atoms with Gasteiger partial charge in [-0.25, -0.2) is 4.79 Å². The highest BCUT2D eigenvalue weighted by Crippen LogP contribution is 1.83. The molecule has 0 aliphatic carbocycles. The third kappa shape index (κ3) is 5.56. The second-order valence-corrected chi connectivity index (χ2v) is 2.44. The van der Waals surface area contributed by atoms with Gasteiger partial charge in [-0.15, -0.1) is 6.42 Å². The molecule has 0 spiro atoms. The van der Waals surface area contributed by atoms with Gasteiger partial charge in [-0.05, 0) is 0 Å². The van der Waals surface area contributed by atoms with Gasteiger partial charge in [-0.2, -0.15) is 0 Å². The van der Waals surface area contributed by atoms with Gasteiger partial charge in [0.25, 0.3) is 0 Å². The second kappa shape index (κ2) is 5.89. The third-order valence-electron chi connectivity index (χ3n) is 1.29. The predicted octanol–water partition coefficient (Wildman–Crippen LogP) is -0.264. The number of aliphatic carboxylic acids is 1. The molecule has 0 aromatic rings. The van der Waals surface area contributed by atoms with Crippen LogP contribution in [-0.4, -0.2) is 42.1 Å². The van der Waals surface area contributed by atoms with Gasteiger partial charge in [0.15, 0.2) is 0 Å².